The first-order valence-corrected chi connectivity index (χ1v) is 11.6. The Morgan fingerprint density at radius 2 is 1.53 bits per heavy atom. The monoisotopic (exact) mass is 494 g/mol. The van der Waals surface area contributed by atoms with Crippen LogP contribution in [0.1, 0.15) is 6.42 Å². The molecule has 3 heterocycles. The van der Waals surface area contributed by atoms with E-state index in [1.54, 1.807) is 11.1 Å². The number of aromatic amines is 2. The molecule has 1 unspecified atom stereocenters. The molecule has 1 aliphatic rings. The number of carbonyl (C=O) groups is 1. The van der Waals surface area contributed by atoms with Gasteiger partial charge in [0.15, 0.2) is 5.75 Å². The van der Waals surface area contributed by atoms with E-state index < -0.39 is 6.35 Å². The summed E-state index contributed by atoms with van der Waals surface area (Å²) >= 11 is 12.6. The van der Waals surface area contributed by atoms with Crippen molar-refractivity contribution in [2.24, 2.45) is 0 Å². The maximum atomic E-state index is 11.3. The molecule has 5 aromatic rings. The summed E-state index contributed by atoms with van der Waals surface area (Å²) in [6.45, 7) is 0.924. The first kappa shape index (κ1) is 21.2. The minimum atomic E-state index is -1.04. The van der Waals surface area contributed by atoms with Crippen molar-refractivity contribution in [3.63, 3.8) is 0 Å². The standard InChI is InChI=1S/C25H20Cl2N4O3/c26-13-2-4-19-15(10-13)17-12-18-16-11-14(27)3-5-20(16)29-23(18)24(22(17)28-19)34-9-1-7-31-8-6-21(32)30-25(31)33/h2-6,8,10-12,25,28-29,33H,1,7,9H2,(H,30,32). The zero-order valence-corrected chi connectivity index (χ0v) is 19.4. The smallest absolute Gasteiger partial charge is 0.248 e. The van der Waals surface area contributed by atoms with E-state index in [-0.39, 0.29) is 5.91 Å². The van der Waals surface area contributed by atoms with Gasteiger partial charge in [0, 0.05) is 61.4 Å². The molecule has 1 aliphatic heterocycles. The minimum Gasteiger partial charge on any atom is -0.489 e. The molecule has 2 aromatic heterocycles. The number of aliphatic hydroxyl groups excluding tert-OH is 1. The number of nitrogens with zero attached hydrogens (tertiary/aromatic N) is 1. The molecule has 0 saturated carbocycles. The fourth-order valence-electron chi connectivity index (χ4n) is 4.56. The average Bonchev–Trinajstić information content (AvgIpc) is 3.35. The fraction of sp³-hybridized carbons (Fsp3) is 0.160. The largest absolute Gasteiger partial charge is 0.489 e. The van der Waals surface area contributed by atoms with Crippen LogP contribution < -0.4 is 10.1 Å². The summed E-state index contributed by atoms with van der Waals surface area (Å²) in [5.74, 6) is 0.405. The van der Waals surface area contributed by atoms with E-state index in [0.29, 0.717) is 29.6 Å². The Morgan fingerprint density at radius 3 is 2.12 bits per heavy atom. The van der Waals surface area contributed by atoms with Gasteiger partial charge in [0.1, 0.15) is 0 Å². The Balaban J connectivity index is 1.41. The SMILES string of the molecule is O=C1C=CN(CCCOc2c3[nH]c4ccc(Cl)cc4c3cc3c2[nH]c2ccc(Cl)cc23)C(O)N1. The van der Waals surface area contributed by atoms with Crippen molar-refractivity contribution in [1.29, 1.82) is 0 Å². The number of aliphatic hydroxyl groups is 1. The first-order chi connectivity index (χ1) is 16.5. The number of hydrogen-bond acceptors (Lipinski definition) is 4. The Kier molecular flexibility index (Phi) is 5.06. The zero-order chi connectivity index (χ0) is 23.4. The quantitative estimate of drug-likeness (QED) is 0.251. The molecule has 1 amide bonds. The number of aromatic nitrogens is 2. The highest BCUT2D eigenvalue weighted by atomic mass is 35.5. The summed E-state index contributed by atoms with van der Waals surface area (Å²) in [6, 6.07) is 13.7. The van der Waals surface area contributed by atoms with Crippen LogP contribution in [0.3, 0.4) is 0 Å². The third-order valence-corrected chi connectivity index (χ3v) is 6.62. The molecule has 0 aliphatic carbocycles. The van der Waals surface area contributed by atoms with Crippen molar-refractivity contribution in [1.82, 2.24) is 20.2 Å². The lowest BCUT2D eigenvalue weighted by Crippen LogP contribution is -2.48. The summed E-state index contributed by atoms with van der Waals surface area (Å²) in [4.78, 5) is 20.0. The molecule has 34 heavy (non-hydrogen) atoms. The van der Waals surface area contributed by atoms with Gasteiger partial charge >= 0.3 is 0 Å². The molecular weight excluding hydrogens is 475 g/mol. The second kappa shape index (κ2) is 8.13. The molecule has 0 radical (unpaired) electrons. The highest BCUT2D eigenvalue weighted by Gasteiger charge is 2.20. The lowest BCUT2D eigenvalue weighted by molar-refractivity contribution is -0.124. The van der Waals surface area contributed by atoms with Crippen molar-refractivity contribution in [3.05, 3.63) is 64.8 Å². The third-order valence-electron chi connectivity index (χ3n) is 6.15. The van der Waals surface area contributed by atoms with Gasteiger partial charge in [0.05, 0.1) is 17.6 Å². The molecule has 3 aromatic carbocycles. The maximum Gasteiger partial charge on any atom is 0.248 e. The summed E-state index contributed by atoms with van der Waals surface area (Å²) in [5, 5.41) is 17.9. The molecule has 172 valence electrons. The van der Waals surface area contributed by atoms with Crippen molar-refractivity contribution < 1.29 is 14.6 Å². The number of H-pyrrole nitrogens is 2. The fourth-order valence-corrected chi connectivity index (χ4v) is 4.91. The number of rotatable bonds is 5. The second-order valence-electron chi connectivity index (χ2n) is 8.32. The van der Waals surface area contributed by atoms with Crippen LogP contribution in [0.5, 0.6) is 5.75 Å². The van der Waals surface area contributed by atoms with E-state index in [1.807, 2.05) is 36.4 Å². The van der Waals surface area contributed by atoms with Crippen LogP contribution in [0.25, 0.3) is 43.6 Å². The van der Waals surface area contributed by atoms with Gasteiger partial charge in [-0.05, 0) is 48.9 Å². The third kappa shape index (κ3) is 3.53. The van der Waals surface area contributed by atoms with Gasteiger partial charge in [-0.3, -0.25) is 4.79 Å². The molecular formula is C25H20Cl2N4O3. The Bertz CT molecular complexity index is 1530. The van der Waals surface area contributed by atoms with Crippen LogP contribution in [0.4, 0.5) is 0 Å². The molecule has 1 atom stereocenters. The van der Waals surface area contributed by atoms with Crippen LogP contribution in [-0.2, 0) is 4.79 Å². The molecule has 7 nitrogen and oxygen atoms in total. The van der Waals surface area contributed by atoms with E-state index in [1.165, 1.54) is 6.08 Å². The van der Waals surface area contributed by atoms with Crippen LogP contribution in [-0.4, -0.2) is 45.4 Å². The lowest BCUT2D eigenvalue weighted by Gasteiger charge is -2.29. The van der Waals surface area contributed by atoms with E-state index >= 15 is 0 Å². The van der Waals surface area contributed by atoms with Crippen molar-refractivity contribution in [2.45, 2.75) is 12.8 Å². The molecule has 0 bridgehead atoms. The maximum absolute atomic E-state index is 11.3. The van der Waals surface area contributed by atoms with Gasteiger partial charge in [-0.15, -0.1) is 0 Å². The topological polar surface area (TPSA) is 93.4 Å². The van der Waals surface area contributed by atoms with Crippen molar-refractivity contribution in [2.75, 3.05) is 13.2 Å². The number of nitrogens with one attached hydrogen (secondary N) is 3. The summed E-state index contributed by atoms with van der Waals surface area (Å²) in [5.41, 5.74) is 3.70. The van der Waals surface area contributed by atoms with Gasteiger partial charge in [-0.1, -0.05) is 23.2 Å². The number of carbonyl (C=O) groups excluding carboxylic acids is 1. The first-order valence-electron chi connectivity index (χ1n) is 10.9. The number of halogens is 2. The van der Waals surface area contributed by atoms with Crippen LogP contribution >= 0.6 is 23.2 Å². The predicted molar refractivity (Wildman–Crippen MR) is 135 cm³/mol. The van der Waals surface area contributed by atoms with E-state index in [0.717, 1.165) is 49.4 Å². The van der Waals surface area contributed by atoms with Crippen molar-refractivity contribution >= 4 is 72.7 Å². The van der Waals surface area contributed by atoms with Gasteiger partial charge in [-0.2, -0.15) is 0 Å². The van der Waals surface area contributed by atoms with Crippen LogP contribution in [0.15, 0.2) is 54.7 Å². The van der Waals surface area contributed by atoms with Gasteiger partial charge in [-0.25, -0.2) is 0 Å². The number of amides is 1. The highest BCUT2D eigenvalue weighted by Crippen LogP contribution is 2.41. The molecule has 0 fully saturated rings. The summed E-state index contributed by atoms with van der Waals surface area (Å²) in [7, 11) is 0. The van der Waals surface area contributed by atoms with Gasteiger partial charge in [0.2, 0.25) is 12.3 Å². The number of ether oxygens (including phenoxy) is 1. The number of fused-ring (bicyclic) bond motifs is 6. The highest BCUT2D eigenvalue weighted by molar-refractivity contribution is 6.33. The summed E-state index contributed by atoms with van der Waals surface area (Å²) in [6.07, 6.45) is 2.58. The molecule has 9 heteroatoms. The molecule has 0 saturated heterocycles. The normalized spacial score (nSPS) is 16.3. The Morgan fingerprint density at radius 1 is 0.912 bits per heavy atom. The Hall–Kier alpha value is -3.39. The molecule has 6 rings (SSSR count). The zero-order valence-electron chi connectivity index (χ0n) is 17.9. The van der Waals surface area contributed by atoms with Gasteiger partial charge < -0.3 is 30.0 Å². The number of hydrogen-bond donors (Lipinski definition) is 4. The van der Waals surface area contributed by atoms with E-state index in [9.17, 15) is 9.90 Å². The Labute approximate surface area is 203 Å². The van der Waals surface area contributed by atoms with Gasteiger partial charge in [0.25, 0.3) is 0 Å². The molecule has 4 N–H and O–H groups in total. The summed E-state index contributed by atoms with van der Waals surface area (Å²) < 4.78 is 6.35. The minimum absolute atomic E-state index is 0.313. The predicted octanol–water partition coefficient (Wildman–Crippen LogP) is 5.25. The second-order valence-corrected chi connectivity index (χ2v) is 9.19. The molecule has 0 spiro atoms. The number of benzene rings is 3. The lowest BCUT2D eigenvalue weighted by atomic mass is 10.1. The average molecular weight is 495 g/mol. The van der Waals surface area contributed by atoms with Crippen LogP contribution in [0.2, 0.25) is 10.0 Å². The van der Waals surface area contributed by atoms with E-state index in [4.69, 9.17) is 27.9 Å². The van der Waals surface area contributed by atoms with Crippen LogP contribution in [0, 0.1) is 0 Å². The van der Waals surface area contributed by atoms with Crippen molar-refractivity contribution in [3.8, 4) is 5.75 Å². The van der Waals surface area contributed by atoms with E-state index in [2.05, 4.69) is 21.4 Å².